The van der Waals surface area contributed by atoms with Crippen LogP contribution in [0.5, 0.6) is 0 Å². The molecule has 0 aliphatic carbocycles. The molecule has 0 radical (unpaired) electrons. The first-order valence-corrected chi connectivity index (χ1v) is 6.48. The van der Waals surface area contributed by atoms with Gasteiger partial charge in [-0.3, -0.25) is 4.79 Å². The second-order valence-electron chi connectivity index (χ2n) is 4.41. The van der Waals surface area contributed by atoms with E-state index in [1.54, 1.807) is 7.05 Å². The number of carbonyl (C=O) groups is 1. The summed E-state index contributed by atoms with van der Waals surface area (Å²) < 4.78 is 26.3. The lowest BCUT2D eigenvalue weighted by Gasteiger charge is -2.24. The van der Waals surface area contributed by atoms with Crippen LogP contribution in [0.3, 0.4) is 0 Å². The topological polar surface area (TPSA) is 41.1 Å². The highest BCUT2D eigenvalue weighted by molar-refractivity contribution is 7.81. The Morgan fingerprint density at radius 2 is 1.89 bits per heavy atom. The van der Waals surface area contributed by atoms with Crippen LogP contribution in [0.2, 0.25) is 0 Å². The van der Waals surface area contributed by atoms with Crippen LogP contribution in [-0.2, 0) is 11.2 Å². The zero-order valence-corrected chi connectivity index (χ0v) is 11.8. The molecule has 0 saturated heterocycles. The minimum Gasteiger partial charge on any atom is -0.352 e. The van der Waals surface area contributed by atoms with E-state index in [1.807, 2.05) is 0 Å². The zero-order chi connectivity index (χ0) is 14.4. The quantitative estimate of drug-likeness (QED) is 0.695. The second kappa shape index (κ2) is 7.45. The van der Waals surface area contributed by atoms with E-state index in [4.69, 9.17) is 0 Å². The Bertz CT molecular complexity index is 422. The third-order valence-electron chi connectivity index (χ3n) is 2.64. The van der Waals surface area contributed by atoms with E-state index in [9.17, 15) is 13.6 Å². The molecule has 1 aromatic carbocycles. The van der Waals surface area contributed by atoms with Crippen LogP contribution in [0.4, 0.5) is 8.78 Å². The van der Waals surface area contributed by atoms with Gasteiger partial charge in [0.1, 0.15) is 11.6 Å². The molecule has 0 aromatic heterocycles. The first-order valence-electron chi connectivity index (χ1n) is 5.97. The molecule has 0 aliphatic rings. The molecule has 0 bridgehead atoms. The Hall–Kier alpha value is -1.14. The molecule has 2 N–H and O–H groups in total. The van der Waals surface area contributed by atoms with Crippen LogP contribution in [0.15, 0.2) is 18.2 Å². The van der Waals surface area contributed by atoms with E-state index < -0.39 is 11.6 Å². The number of carbonyl (C=O) groups excluding carboxylic acids is 1. The maximum Gasteiger partial charge on any atom is 0.217 e. The highest BCUT2D eigenvalue weighted by Gasteiger charge is 2.19. The average molecular weight is 288 g/mol. The van der Waals surface area contributed by atoms with Gasteiger partial charge in [-0.15, -0.1) is 0 Å². The Kier molecular flexibility index (Phi) is 6.24. The lowest BCUT2D eigenvalue weighted by atomic mass is 10.0. The van der Waals surface area contributed by atoms with Crippen LogP contribution in [0.1, 0.15) is 12.5 Å². The van der Waals surface area contributed by atoms with Gasteiger partial charge in [0.05, 0.1) is 0 Å². The summed E-state index contributed by atoms with van der Waals surface area (Å²) in [6.45, 7) is 1.98. The molecule has 1 rings (SSSR count). The maximum absolute atomic E-state index is 13.1. The van der Waals surface area contributed by atoms with Crippen LogP contribution in [0, 0.1) is 11.6 Å². The lowest BCUT2D eigenvalue weighted by Crippen LogP contribution is -2.45. The number of rotatable bonds is 6. The van der Waals surface area contributed by atoms with Gasteiger partial charge in [0.15, 0.2) is 0 Å². The van der Waals surface area contributed by atoms with Crippen molar-refractivity contribution in [3.8, 4) is 0 Å². The van der Waals surface area contributed by atoms with Crippen molar-refractivity contribution in [2.75, 3.05) is 13.6 Å². The second-order valence-corrected chi connectivity index (χ2v) is 5.08. The van der Waals surface area contributed by atoms with E-state index in [2.05, 4.69) is 23.3 Å². The van der Waals surface area contributed by atoms with Gasteiger partial charge in [-0.2, -0.15) is 12.6 Å². The number of hydrogen-bond acceptors (Lipinski definition) is 3. The number of nitrogens with one attached hydrogen (secondary N) is 2. The normalized spacial score (nSPS) is 13.9. The molecule has 1 amide bonds. The molecule has 1 unspecified atom stereocenters. The van der Waals surface area contributed by atoms with Crippen LogP contribution >= 0.6 is 12.6 Å². The van der Waals surface area contributed by atoms with Gasteiger partial charge in [0.2, 0.25) is 5.91 Å². The number of halogens is 2. The summed E-state index contributed by atoms with van der Waals surface area (Å²) >= 11 is 4.40. The van der Waals surface area contributed by atoms with Gasteiger partial charge >= 0.3 is 0 Å². The van der Waals surface area contributed by atoms with Gasteiger partial charge in [0.25, 0.3) is 0 Å². The number of thiol groups is 1. The van der Waals surface area contributed by atoms with Gasteiger partial charge in [-0.05, 0) is 31.2 Å². The molecule has 106 valence electrons. The first-order chi connectivity index (χ1) is 8.92. The molecule has 0 heterocycles. The summed E-state index contributed by atoms with van der Waals surface area (Å²) in [5.41, 5.74) is 0.492. The van der Waals surface area contributed by atoms with Crippen molar-refractivity contribution >= 4 is 18.5 Å². The predicted octanol–water partition coefficient (Wildman–Crippen LogP) is 1.53. The molecular weight excluding hydrogens is 270 g/mol. The third-order valence-corrected chi connectivity index (χ3v) is 3.19. The molecule has 0 saturated carbocycles. The van der Waals surface area contributed by atoms with Gasteiger partial charge in [0, 0.05) is 30.8 Å². The van der Waals surface area contributed by atoms with Gasteiger partial charge in [-0.1, -0.05) is 0 Å². The van der Waals surface area contributed by atoms with Crippen molar-refractivity contribution in [2.45, 2.75) is 24.6 Å². The Balaban J connectivity index is 2.83. The Morgan fingerprint density at radius 1 is 1.32 bits per heavy atom. The fourth-order valence-electron chi connectivity index (χ4n) is 1.88. The molecule has 0 fully saturated rings. The third kappa shape index (κ3) is 5.57. The van der Waals surface area contributed by atoms with E-state index in [-0.39, 0.29) is 17.2 Å². The van der Waals surface area contributed by atoms with Crippen molar-refractivity contribution in [3.05, 3.63) is 35.4 Å². The number of benzene rings is 1. The SMILES string of the molecule is CNC[C@@H](S)C(Cc1cc(F)cc(F)c1)NC(C)=O. The molecule has 2 atom stereocenters. The minimum absolute atomic E-state index is 0.153. The summed E-state index contributed by atoms with van der Waals surface area (Å²) in [6.07, 6.45) is 0.324. The number of hydrogen-bond donors (Lipinski definition) is 3. The summed E-state index contributed by atoms with van der Waals surface area (Å²) in [4.78, 5) is 11.2. The fraction of sp³-hybridized carbons (Fsp3) is 0.462. The Morgan fingerprint density at radius 3 is 2.37 bits per heavy atom. The monoisotopic (exact) mass is 288 g/mol. The van der Waals surface area contributed by atoms with E-state index in [0.717, 1.165) is 6.07 Å². The van der Waals surface area contributed by atoms with Crippen LogP contribution < -0.4 is 10.6 Å². The predicted molar refractivity (Wildman–Crippen MR) is 74.4 cm³/mol. The van der Waals surface area contributed by atoms with Gasteiger partial charge < -0.3 is 10.6 Å². The molecule has 6 heteroatoms. The smallest absolute Gasteiger partial charge is 0.217 e. The molecule has 19 heavy (non-hydrogen) atoms. The molecule has 0 aliphatic heterocycles. The maximum atomic E-state index is 13.1. The van der Waals surface area contributed by atoms with E-state index in [1.165, 1.54) is 19.1 Å². The summed E-state index contributed by atoms with van der Waals surface area (Å²) in [5, 5.41) is 5.55. The molecular formula is C13H18F2N2OS. The standard InChI is InChI=1S/C13H18F2N2OS/c1-8(18)17-12(13(19)7-16-2)5-9-3-10(14)6-11(15)4-9/h3-4,6,12-13,16,19H,5,7H2,1-2H3,(H,17,18)/t12?,13-/m1/s1. The van der Waals surface area contributed by atoms with Crippen molar-refractivity contribution in [1.82, 2.24) is 10.6 Å². The van der Waals surface area contributed by atoms with Crippen molar-refractivity contribution in [1.29, 1.82) is 0 Å². The van der Waals surface area contributed by atoms with E-state index in [0.29, 0.717) is 18.5 Å². The first kappa shape index (κ1) is 15.9. The van der Waals surface area contributed by atoms with E-state index >= 15 is 0 Å². The largest absolute Gasteiger partial charge is 0.352 e. The van der Waals surface area contributed by atoms with Crippen molar-refractivity contribution in [2.24, 2.45) is 0 Å². The zero-order valence-electron chi connectivity index (χ0n) is 10.9. The molecule has 3 nitrogen and oxygen atoms in total. The van der Waals surface area contributed by atoms with Crippen molar-refractivity contribution in [3.63, 3.8) is 0 Å². The highest BCUT2D eigenvalue weighted by Crippen LogP contribution is 2.13. The highest BCUT2D eigenvalue weighted by atomic mass is 32.1. The van der Waals surface area contributed by atoms with Gasteiger partial charge in [-0.25, -0.2) is 8.78 Å². The summed E-state index contributed by atoms with van der Waals surface area (Å²) in [5.74, 6) is -1.45. The number of amides is 1. The minimum atomic E-state index is -0.624. The van der Waals surface area contributed by atoms with Crippen LogP contribution in [0.25, 0.3) is 0 Å². The average Bonchev–Trinajstić information content (AvgIpc) is 2.26. The fourth-order valence-corrected chi connectivity index (χ4v) is 2.24. The summed E-state index contributed by atoms with van der Waals surface area (Å²) in [6, 6.07) is 3.05. The van der Waals surface area contributed by atoms with Crippen LogP contribution in [-0.4, -0.2) is 30.8 Å². The Labute approximate surface area is 117 Å². The lowest BCUT2D eigenvalue weighted by molar-refractivity contribution is -0.119. The molecule has 1 aromatic rings. The molecule has 0 spiro atoms. The summed E-state index contributed by atoms with van der Waals surface area (Å²) in [7, 11) is 1.77. The van der Waals surface area contributed by atoms with Crippen molar-refractivity contribution < 1.29 is 13.6 Å².